The summed E-state index contributed by atoms with van der Waals surface area (Å²) in [6.07, 6.45) is 6.99. The topological polar surface area (TPSA) is 54.9 Å². The second-order valence-corrected chi connectivity index (χ2v) is 6.32. The van der Waals surface area contributed by atoms with Crippen LogP contribution in [-0.2, 0) is 10.2 Å². The largest absolute Gasteiger partial charge is 0.353 e. The average Bonchev–Trinajstić information content (AvgIpc) is 2.60. The molecule has 0 atom stereocenters. The molecule has 0 spiro atoms. The average molecular weight is 311 g/mol. The van der Waals surface area contributed by atoms with Gasteiger partial charge in [-0.3, -0.25) is 4.79 Å². The third kappa shape index (κ3) is 3.95. The number of aromatic nitrogens is 2. The molecule has 0 aliphatic rings. The van der Waals surface area contributed by atoms with Crippen molar-refractivity contribution in [1.82, 2.24) is 15.3 Å². The zero-order valence-electron chi connectivity index (χ0n) is 14.3. The van der Waals surface area contributed by atoms with Crippen molar-refractivity contribution in [3.05, 3.63) is 48.5 Å². The van der Waals surface area contributed by atoms with Gasteiger partial charge in [-0.2, -0.15) is 0 Å². The quantitative estimate of drug-likeness (QED) is 0.884. The Labute approximate surface area is 138 Å². The van der Waals surface area contributed by atoms with E-state index in [0.29, 0.717) is 0 Å². The van der Waals surface area contributed by atoms with Crippen LogP contribution in [0.1, 0.15) is 46.1 Å². The lowest BCUT2D eigenvalue weighted by Crippen LogP contribution is -2.44. The summed E-state index contributed by atoms with van der Waals surface area (Å²) in [6, 6.07) is 8.28. The van der Waals surface area contributed by atoms with Gasteiger partial charge < -0.3 is 5.32 Å². The number of nitrogens with one attached hydrogen (secondary N) is 1. The number of amides is 1. The number of nitrogens with zero attached hydrogens (tertiary/aromatic N) is 2. The first-order valence-corrected chi connectivity index (χ1v) is 8.16. The third-order valence-corrected chi connectivity index (χ3v) is 4.39. The fourth-order valence-corrected chi connectivity index (χ4v) is 2.52. The Morgan fingerprint density at radius 3 is 2.13 bits per heavy atom. The standard InChI is InChI=1S/C19H25N3O/c1-5-17(6-2)22-18(23)19(3,4)16-9-7-14(8-10-16)15-11-20-13-21-12-15/h7-13,17H,5-6H2,1-4H3,(H,22,23). The number of hydrogen-bond donors (Lipinski definition) is 1. The summed E-state index contributed by atoms with van der Waals surface area (Å²) < 4.78 is 0. The Morgan fingerprint density at radius 2 is 1.61 bits per heavy atom. The highest BCUT2D eigenvalue weighted by Gasteiger charge is 2.30. The molecule has 1 aromatic carbocycles. The van der Waals surface area contributed by atoms with Crippen molar-refractivity contribution in [2.75, 3.05) is 0 Å². The molecule has 0 saturated heterocycles. The molecule has 0 bridgehead atoms. The van der Waals surface area contributed by atoms with Gasteiger partial charge in [0.15, 0.2) is 0 Å². The van der Waals surface area contributed by atoms with Crippen molar-refractivity contribution in [1.29, 1.82) is 0 Å². The maximum absolute atomic E-state index is 12.6. The first kappa shape index (κ1) is 17.1. The number of hydrogen-bond acceptors (Lipinski definition) is 3. The van der Waals surface area contributed by atoms with Gasteiger partial charge in [0.05, 0.1) is 5.41 Å². The molecular weight excluding hydrogens is 286 g/mol. The van der Waals surface area contributed by atoms with Crippen LogP contribution in [0.2, 0.25) is 0 Å². The minimum atomic E-state index is -0.561. The first-order chi connectivity index (χ1) is 11.0. The summed E-state index contributed by atoms with van der Waals surface area (Å²) >= 11 is 0. The summed E-state index contributed by atoms with van der Waals surface area (Å²) in [5.74, 6) is 0.0713. The second-order valence-electron chi connectivity index (χ2n) is 6.32. The van der Waals surface area contributed by atoms with E-state index in [0.717, 1.165) is 29.5 Å². The van der Waals surface area contributed by atoms with Crippen LogP contribution in [0.3, 0.4) is 0 Å². The maximum atomic E-state index is 12.6. The summed E-state index contributed by atoms with van der Waals surface area (Å²) in [5.41, 5.74) is 2.46. The van der Waals surface area contributed by atoms with Gasteiger partial charge in [0.25, 0.3) is 0 Å². The molecule has 0 aliphatic carbocycles. The SMILES string of the molecule is CCC(CC)NC(=O)C(C)(C)c1ccc(-c2cncnc2)cc1. The molecule has 0 aliphatic heterocycles. The predicted molar refractivity (Wildman–Crippen MR) is 93.0 cm³/mol. The summed E-state index contributed by atoms with van der Waals surface area (Å²) in [6.45, 7) is 8.12. The van der Waals surface area contributed by atoms with Crippen LogP contribution in [0.15, 0.2) is 43.0 Å². The minimum absolute atomic E-state index is 0.0713. The van der Waals surface area contributed by atoms with Gasteiger partial charge in [-0.05, 0) is 37.8 Å². The van der Waals surface area contributed by atoms with E-state index in [2.05, 4.69) is 29.1 Å². The number of carbonyl (C=O) groups is 1. The van der Waals surface area contributed by atoms with E-state index < -0.39 is 5.41 Å². The van der Waals surface area contributed by atoms with Crippen molar-refractivity contribution < 1.29 is 4.79 Å². The third-order valence-electron chi connectivity index (χ3n) is 4.39. The van der Waals surface area contributed by atoms with Crippen molar-refractivity contribution in [2.45, 2.75) is 52.0 Å². The van der Waals surface area contributed by atoms with Crippen LogP contribution in [0, 0.1) is 0 Å². The summed E-state index contributed by atoms with van der Waals surface area (Å²) in [7, 11) is 0. The molecule has 0 radical (unpaired) electrons. The van der Waals surface area contributed by atoms with Crippen LogP contribution in [0.25, 0.3) is 11.1 Å². The van der Waals surface area contributed by atoms with Gasteiger partial charge in [0.2, 0.25) is 5.91 Å². The van der Waals surface area contributed by atoms with E-state index in [1.165, 1.54) is 6.33 Å². The van der Waals surface area contributed by atoms with Crippen molar-refractivity contribution >= 4 is 5.91 Å². The van der Waals surface area contributed by atoms with Crippen LogP contribution in [0.5, 0.6) is 0 Å². The van der Waals surface area contributed by atoms with Crippen molar-refractivity contribution in [2.24, 2.45) is 0 Å². The lowest BCUT2D eigenvalue weighted by Gasteiger charge is -2.27. The molecule has 2 rings (SSSR count). The molecular formula is C19H25N3O. The van der Waals surface area contributed by atoms with E-state index in [1.807, 2.05) is 38.1 Å². The van der Waals surface area contributed by atoms with Gasteiger partial charge in [-0.25, -0.2) is 9.97 Å². The fraction of sp³-hybridized carbons (Fsp3) is 0.421. The second kappa shape index (κ2) is 7.36. The molecule has 1 amide bonds. The highest BCUT2D eigenvalue weighted by molar-refractivity contribution is 5.87. The number of rotatable bonds is 6. The van der Waals surface area contributed by atoms with E-state index >= 15 is 0 Å². The van der Waals surface area contributed by atoms with Crippen LogP contribution in [0.4, 0.5) is 0 Å². The minimum Gasteiger partial charge on any atom is -0.353 e. The zero-order valence-corrected chi connectivity index (χ0v) is 14.3. The smallest absolute Gasteiger partial charge is 0.230 e. The van der Waals surface area contributed by atoms with Gasteiger partial charge >= 0.3 is 0 Å². The summed E-state index contributed by atoms with van der Waals surface area (Å²) in [5, 5.41) is 3.14. The number of benzene rings is 1. The molecule has 122 valence electrons. The number of carbonyl (C=O) groups excluding carboxylic acids is 1. The van der Waals surface area contributed by atoms with Crippen LogP contribution >= 0.6 is 0 Å². The van der Waals surface area contributed by atoms with Crippen molar-refractivity contribution in [3.8, 4) is 11.1 Å². The Bertz CT molecular complexity index is 631. The Morgan fingerprint density at radius 1 is 1.04 bits per heavy atom. The van der Waals surface area contributed by atoms with E-state index in [1.54, 1.807) is 12.4 Å². The Balaban J connectivity index is 2.18. The fourth-order valence-electron chi connectivity index (χ4n) is 2.52. The predicted octanol–water partition coefficient (Wildman–Crippen LogP) is 3.73. The molecule has 1 N–H and O–H groups in total. The van der Waals surface area contributed by atoms with E-state index in [4.69, 9.17) is 0 Å². The van der Waals surface area contributed by atoms with Gasteiger partial charge in [0.1, 0.15) is 6.33 Å². The Hall–Kier alpha value is -2.23. The van der Waals surface area contributed by atoms with Gasteiger partial charge in [0, 0.05) is 24.0 Å². The molecule has 0 fully saturated rings. The maximum Gasteiger partial charge on any atom is 0.230 e. The lowest BCUT2D eigenvalue weighted by molar-refractivity contribution is -0.126. The van der Waals surface area contributed by atoms with Crippen LogP contribution in [-0.4, -0.2) is 21.9 Å². The van der Waals surface area contributed by atoms with E-state index in [-0.39, 0.29) is 11.9 Å². The molecule has 4 heteroatoms. The van der Waals surface area contributed by atoms with Crippen LogP contribution < -0.4 is 5.32 Å². The first-order valence-electron chi connectivity index (χ1n) is 8.16. The molecule has 1 heterocycles. The van der Waals surface area contributed by atoms with E-state index in [9.17, 15) is 4.79 Å². The highest BCUT2D eigenvalue weighted by atomic mass is 16.2. The van der Waals surface area contributed by atoms with Gasteiger partial charge in [-0.15, -0.1) is 0 Å². The summed E-state index contributed by atoms with van der Waals surface area (Å²) in [4.78, 5) is 20.7. The monoisotopic (exact) mass is 311 g/mol. The molecule has 4 nitrogen and oxygen atoms in total. The molecule has 23 heavy (non-hydrogen) atoms. The molecule has 1 aromatic heterocycles. The molecule has 0 saturated carbocycles. The highest BCUT2D eigenvalue weighted by Crippen LogP contribution is 2.26. The lowest BCUT2D eigenvalue weighted by atomic mass is 9.82. The molecule has 0 unspecified atom stereocenters. The molecule has 2 aromatic rings. The zero-order chi connectivity index (χ0) is 16.9. The van der Waals surface area contributed by atoms with Gasteiger partial charge in [-0.1, -0.05) is 38.1 Å². The Kier molecular flexibility index (Phi) is 5.48. The normalized spacial score (nSPS) is 11.5. The van der Waals surface area contributed by atoms with Crippen molar-refractivity contribution in [3.63, 3.8) is 0 Å².